The highest BCUT2D eigenvalue weighted by molar-refractivity contribution is 8.00. The number of nitrogens with zero attached hydrogens (tertiary/aromatic N) is 2. The van der Waals surface area contributed by atoms with Crippen LogP contribution in [0.4, 0.5) is 36.4 Å². The van der Waals surface area contributed by atoms with Gasteiger partial charge in [-0.2, -0.15) is 30.7 Å². The number of thioether (sulfide) groups is 2. The van der Waals surface area contributed by atoms with Gasteiger partial charge >= 0.3 is 17.4 Å². The molecule has 29 heavy (non-hydrogen) atoms. The Balaban J connectivity index is 3.10. The van der Waals surface area contributed by atoms with E-state index in [2.05, 4.69) is 0 Å². The van der Waals surface area contributed by atoms with Crippen molar-refractivity contribution < 1.29 is 40.5 Å². The molecule has 0 heterocycles. The third-order valence-electron chi connectivity index (χ3n) is 3.56. The van der Waals surface area contributed by atoms with E-state index >= 15 is 0 Å². The van der Waals surface area contributed by atoms with Crippen molar-refractivity contribution in [3.8, 4) is 0 Å². The topological polar surface area (TPSA) is 63.5 Å². The highest BCUT2D eigenvalue weighted by Crippen LogP contribution is 2.54. The van der Waals surface area contributed by atoms with E-state index in [4.69, 9.17) is 0 Å². The smallest absolute Gasteiger partial charge is 0.343 e. The van der Waals surface area contributed by atoms with Crippen LogP contribution in [0.15, 0.2) is 28.0 Å². The van der Waals surface area contributed by atoms with Crippen LogP contribution >= 0.6 is 23.5 Å². The van der Waals surface area contributed by atoms with Gasteiger partial charge in [-0.3, -0.25) is 14.9 Å². The van der Waals surface area contributed by atoms with Gasteiger partial charge < -0.3 is 4.90 Å². The lowest BCUT2D eigenvalue weighted by molar-refractivity contribution is -0.387. The van der Waals surface area contributed by atoms with Gasteiger partial charge in [0.2, 0.25) is 5.91 Å². The third kappa shape index (κ3) is 5.90. The molecule has 1 aromatic carbocycles. The van der Waals surface area contributed by atoms with E-state index in [1.165, 1.54) is 4.90 Å². The number of halogens is 7. The van der Waals surface area contributed by atoms with Gasteiger partial charge in [-0.1, -0.05) is 0 Å². The summed E-state index contributed by atoms with van der Waals surface area (Å²) >= 11 is -0.414. The molecule has 0 aromatic heterocycles. The number of benzene rings is 1. The van der Waals surface area contributed by atoms with Gasteiger partial charge in [0, 0.05) is 24.1 Å². The minimum absolute atomic E-state index is 0.120. The second-order valence-electron chi connectivity index (χ2n) is 5.43. The SMILES string of the molecule is CCN(CC)C(=O)CSc1ccc(SC(F)(F)C(F)(F)C(F)(F)F)cc1[N+](=O)[O-]. The lowest BCUT2D eigenvalue weighted by atomic mass is 10.3. The van der Waals surface area contributed by atoms with Crippen LogP contribution < -0.4 is 0 Å². The number of carbonyl (C=O) groups excluding carboxylic acids is 1. The number of hydrogen-bond donors (Lipinski definition) is 0. The Labute approximate surface area is 169 Å². The summed E-state index contributed by atoms with van der Waals surface area (Å²) in [7, 11) is 0. The Morgan fingerprint density at radius 1 is 1.10 bits per heavy atom. The fourth-order valence-corrected chi connectivity index (χ4v) is 3.76. The maximum absolute atomic E-state index is 13.5. The fourth-order valence-electron chi connectivity index (χ4n) is 2.01. The van der Waals surface area contributed by atoms with Gasteiger partial charge in [-0.05, 0) is 37.7 Å². The molecular formula is C15H15F7N2O3S2. The first-order valence-electron chi connectivity index (χ1n) is 7.88. The van der Waals surface area contributed by atoms with Crippen LogP contribution in [0, 0.1) is 10.1 Å². The van der Waals surface area contributed by atoms with Crippen molar-refractivity contribution in [2.75, 3.05) is 18.8 Å². The van der Waals surface area contributed by atoms with Crippen molar-refractivity contribution in [3.05, 3.63) is 28.3 Å². The Morgan fingerprint density at radius 3 is 2.10 bits per heavy atom. The first-order chi connectivity index (χ1) is 13.2. The summed E-state index contributed by atoms with van der Waals surface area (Å²) in [5.74, 6) is -6.90. The molecule has 1 rings (SSSR count). The second-order valence-corrected chi connectivity index (χ2v) is 7.64. The van der Waals surface area contributed by atoms with Crippen LogP contribution in [0.2, 0.25) is 0 Å². The minimum Gasteiger partial charge on any atom is -0.343 e. The minimum atomic E-state index is -6.50. The summed E-state index contributed by atoms with van der Waals surface area (Å²) in [4.78, 5) is 22.6. The zero-order chi connectivity index (χ0) is 22.6. The summed E-state index contributed by atoms with van der Waals surface area (Å²) < 4.78 is 89.7. The van der Waals surface area contributed by atoms with Crippen LogP contribution in [-0.2, 0) is 4.79 Å². The molecule has 0 unspecified atom stereocenters. The van der Waals surface area contributed by atoms with Crippen molar-refractivity contribution in [1.29, 1.82) is 0 Å². The molecule has 1 amide bonds. The molecule has 0 aliphatic heterocycles. The lowest BCUT2D eigenvalue weighted by Gasteiger charge is -2.27. The van der Waals surface area contributed by atoms with Crippen molar-refractivity contribution in [2.45, 2.75) is 41.0 Å². The number of alkyl halides is 7. The zero-order valence-electron chi connectivity index (χ0n) is 14.9. The normalized spacial score (nSPS) is 12.7. The van der Waals surface area contributed by atoms with Crippen LogP contribution in [0.3, 0.4) is 0 Å². The van der Waals surface area contributed by atoms with Crippen LogP contribution in [0.5, 0.6) is 0 Å². The first kappa shape index (κ1) is 25.3. The number of amides is 1. The average Bonchev–Trinajstić information content (AvgIpc) is 2.60. The molecule has 0 spiro atoms. The van der Waals surface area contributed by atoms with Gasteiger partial charge in [0.05, 0.1) is 15.6 Å². The Bertz CT molecular complexity index is 756. The van der Waals surface area contributed by atoms with E-state index in [1.807, 2.05) is 0 Å². The quantitative estimate of drug-likeness (QED) is 0.209. The maximum atomic E-state index is 13.5. The highest BCUT2D eigenvalue weighted by Gasteiger charge is 2.73. The molecule has 0 bridgehead atoms. The number of carbonyl (C=O) groups is 1. The molecule has 164 valence electrons. The number of nitro groups is 1. The van der Waals surface area contributed by atoms with Gasteiger partial charge in [-0.15, -0.1) is 11.8 Å². The predicted octanol–water partition coefficient (Wildman–Crippen LogP) is 5.44. The van der Waals surface area contributed by atoms with E-state index in [9.17, 15) is 45.6 Å². The van der Waals surface area contributed by atoms with E-state index in [1.54, 1.807) is 13.8 Å². The van der Waals surface area contributed by atoms with E-state index < -0.39 is 44.6 Å². The van der Waals surface area contributed by atoms with E-state index in [0.717, 1.165) is 23.9 Å². The maximum Gasteiger partial charge on any atom is 0.460 e. The summed E-state index contributed by atoms with van der Waals surface area (Å²) in [6.45, 7) is 4.24. The molecule has 0 aliphatic rings. The van der Waals surface area contributed by atoms with Crippen molar-refractivity contribution >= 4 is 35.1 Å². The lowest BCUT2D eigenvalue weighted by Crippen LogP contribution is -2.49. The van der Waals surface area contributed by atoms with Crippen LogP contribution in [-0.4, -0.2) is 51.9 Å². The van der Waals surface area contributed by atoms with E-state index in [-0.39, 0.29) is 16.6 Å². The third-order valence-corrected chi connectivity index (χ3v) is 5.61. The van der Waals surface area contributed by atoms with Crippen LogP contribution in [0.25, 0.3) is 0 Å². The van der Waals surface area contributed by atoms with Crippen molar-refractivity contribution in [2.24, 2.45) is 0 Å². The number of rotatable bonds is 9. The van der Waals surface area contributed by atoms with Gasteiger partial charge in [0.25, 0.3) is 5.69 Å². The Morgan fingerprint density at radius 2 is 1.66 bits per heavy atom. The molecule has 0 saturated carbocycles. The molecule has 14 heteroatoms. The molecular weight excluding hydrogens is 453 g/mol. The molecule has 0 atom stereocenters. The molecule has 1 aromatic rings. The first-order valence-corrected chi connectivity index (χ1v) is 9.68. The monoisotopic (exact) mass is 468 g/mol. The second kappa shape index (κ2) is 9.41. The van der Waals surface area contributed by atoms with Crippen LogP contribution in [0.1, 0.15) is 13.8 Å². The Hall–Kier alpha value is -1.70. The number of hydrogen-bond acceptors (Lipinski definition) is 5. The van der Waals surface area contributed by atoms with Crippen molar-refractivity contribution in [1.82, 2.24) is 4.90 Å². The molecule has 0 radical (unpaired) electrons. The molecule has 0 N–H and O–H groups in total. The summed E-state index contributed by atoms with van der Waals surface area (Å²) in [6.07, 6.45) is -6.50. The molecule has 5 nitrogen and oxygen atoms in total. The zero-order valence-corrected chi connectivity index (χ0v) is 16.6. The van der Waals surface area contributed by atoms with Gasteiger partial charge in [0.1, 0.15) is 0 Å². The fraction of sp³-hybridized carbons (Fsp3) is 0.533. The summed E-state index contributed by atoms with van der Waals surface area (Å²) in [5, 5.41) is 5.57. The number of nitro benzene ring substituents is 1. The predicted molar refractivity (Wildman–Crippen MR) is 93.6 cm³/mol. The average molecular weight is 468 g/mol. The molecule has 0 saturated heterocycles. The van der Waals surface area contributed by atoms with E-state index in [0.29, 0.717) is 19.2 Å². The molecule has 0 fully saturated rings. The highest BCUT2D eigenvalue weighted by atomic mass is 32.2. The van der Waals surface area contributed by atoms with Gasteiger partial charge in [-0.25, -0.2) is 0 Å². The Kier molecular flexibility index (Phi) is 8.22. The standard InChI is InChI=1S/C15H15F7N2O3S2/c1-3-23(4-2)12(25)8-28-11-6-5-9(7-10(11)24(26)27)29-15(21,22)13(16,17)14(18,19)20/h5-7H,3-4,8H2,1-2H3. The summed E-state index contributed by atoms with van der Waals surface area (Å²) in [5.41, 5.74) is -0.793. The largest absolute Gasteiger partial charge is 0.460 e. The molecule has 0 aliphatic carbocycles. The van der Waals surface area contributed by atoms with Crippen molar-refractivity contribution in [3.63, 3.8) is 0 Å². The summed E-state index contributed by atoms with van der Waals surface area (Å²) in [6, 6.07) is 2.14. The van der Waals surface area contributed by atoms with Gasteiger partial charge in [0.15, 0.2) is 0 Å².